The van der Waals surface area contributed by atoms with Gasteiger partial charge in [-0.3, -0.25) is 9.59 Å². The minimum Gasteiger partial charge on any atom is -0.485 e. The summed E-state index contributed by atoms with van der Waals surface area (Å²) in [6, 6.07) is 31.8. The van der Waals surface area contributed by atoms with Crippen molar-refractivity contribution in [1.29, 1.82) is 0 Å². The van der Waals surface area contributed by atoms with E-state index in [4.69, 9.17) is 14.2 Å². The molecule has 8 heteroatoms. The van der Waals surface area contributed by atoms with Gasteiger partial charge in [0.15, 0.2) is 11.5 Å². The summed E-state index contributed by atoms with van der Waals surface area (Å²) in [6.07, 6.45) is 6.14. The number of carbonyl (C=O) groups excluding carboxylic acids is 3. The number of rotatable bonds is 18. The van der Waals surface area contributed by atoms with Gasteiger partial charge in [-0.05, 0) is 85.4 Å². The van der Waals surface area contributed by atoms with E-state index in [0.717, 1.165) is 60.4 Å². The monoisotopic (exact) mass is 690 g/mol. The summed E-state index contributed by atoms with van der Waals surface area (Å²) in [5.41, 5.74) is 6.09. The molecule has 0 saturated heterocycles. The van der Waals surface area contributed by atoms with Crippen molar-refractivity contribution in [3.05, 3.63) is 130 Å². The third-order valence-electron chi connectivity index (χ3n) is 9.35. The molecule has 1 N–H and O–H groups in total. The molecule has 0 fully saturated rings. The first-order valence-corrected chi connectivity index (χ1v) is 18.2. The van der Waals surface area contributed by atoms with Gasteiger partial charge in [0.25, 0.3) is 0 Å². The predicted molar refractivity (Wildman–Crippen MR) is 199 cm³/mol. The van der Waals surface area contributed by atoms with Crippen LogP contribution in [0.3, 0.4) is 0 Å². The van der Waals surface area contributed by atoms with Gasteiger partial charge in [-0.2, -0.15) is 0 Å². The largest absolute Gasteiger partial charge is 0.485 e. The fourth-order valence-electron chi connectivity index (χ4n) is 6.60. The Kier molecular flexibility index (Phi) is 14.1. The van der Waals surface area contributed by atoms with Crippen LogP contribution >= 0.6 is 0 Å². The molecule has 0 heterocycles. The number of unbranched alkanes of at least 4 members (excludes halogenated alkanes) is 1. The SMILES string of the molecule is CCCN(C(=O)CCCCC(=O)NCCc1ccc(C(=O)OC)cc1)[C@H]1CCc2c(ccc(OCc3ccccc3)c2OCc2ccccc2)C1. The molecule has 1 atom stereocenters. The first-order valence-electron chi connectivity index (χ1n) is 18.2. The van der Waals surface area contributed by atoms with Crippen LogP contribution in [0, 0.1) is 0 Å². The Morgan fingerprint density at radius 1 is 0.784 bits per heavy atom. The van der Waals surface area contributed by atoms with Crippen molar-refractivity contribution in [3.8, 4) is 11.5 Å². The van der Waals surface area contributed by atoms with E-state index >= 15 is 0 Å². The van der Waals surface area contributed by atoms with Crippen LogP contribution in [0.1, 0.15) is 83.6 Å². The topological polar surface area (TPSA) is 94.2 Å². The highest BCUT2D eigenvalue weighted by atomic mass is 16.5. The van der Waals surface area contributed by atoms with Crippen molar-refractivity contribution in [2.75, 3.05) is 20.2 Å². The minimum absolute atomic E-state index is 0.0136. The van der Waals surface area contributed by atoms with Crippen molar-refractivity contribution >= 4 is 17.8 Å². The Bertz CT molecular complexity index is 1710. The lowest BCUT2D eigenvalue weighted by atomic mass is 9.86. The number of hydrogen-bond acceptors (Lipinski definition) is 6. The van der Waals surface area contributed by atoms with Crippen LogP contribution in [0.5, 0.6) is 11.5 Å². The average molecular weight is 691 g/mol. The number of nitrogens with zero attached hydrogens (tertiary/aromatic N) is 1. The van der Waals surface area contributed by atoms with Gasteiger partial charge in [-0.1, -0.05) is 85.8 Å². The average Bonchev–Trinajstić information content (AvgIpc) is 3.17. The third-order valence-corrected chi connectivity index (χ3v) is 9.35. The van der Waals surface area contributed by atoms with E-state index in [1.165, 1.54) is 18.2 Å². The molecular weight excluding hydrogens is 640 g/mol. The summed E-state index contributed by atoms with van der Waals surface area (Å²) in [5.74, 6) is 1.32. The van der Waals surface area contributed by atoms with Gasteiger partial charge in [0.1, 0.15) is 13.2 Å². The minimum atomic E-state index is -0.367. The fourth-order valence-corrected chi connectivity index (χ4v) is 6.60. The van der Waals surface area contributed by atoms with E-state index in [1.807, 2.05) is 54.6 Å². The Morgan fingerprint density at radius 3 is 2.12 bits per heavy atom. The first-order chi connectivity index (χ1) is 24.9. The molecule has 268 valence electrons. The maximum atomic E-state index is 13.6. The van der Waals surface area contributed by atoms with Crippen molar-refractivity contribution in [2.24, 2.45) is 0 Å². The highest BCUT2D eigenvalue weighted by molar-refractivity contribution is 5.89. The maximum Gasteiger partial charge on any atom is 0.337 e. The van der Waals surface area contributed by atoms with Crippen LogP contribution in [0.4, 0.5) is 0 Å². The smallest absolute Gasteiger partial charge is 0.337 e. The van der Waals surface area contributed by atoms with Gasteiger partial charge in [0.2, 0.25) is 11.8 Å². The number of nitrogens with one attached hydrogen (secondary N) is 1. The lowest BCUT2D eigenvalue weighted by Crippen LogP contribution is -2.43. The molecule has 2 amide bonds. The molecule has 1 aliphatic rings. The third kappa shape index (κ3) is 10.9. The summed E-state index contributed by atoms with van der Waals surface area (Å²) in [6.45, 7) is 4.25. The summed E-state index contributed by atoms with van der Waals surface area (Å²) >= 11 is 0. The van der Waals surface area contributed by atoms with Gasteiger partial charge >= 0.3 is 5.97 Å². The summed E-state index contributed by atoms with van der Waals surface area (Å²) in [7, 11) is 1.36. The number of carbonyl (C=O) groups is 3. The van der Waals surface area contributed by atoms with Crippen molar-refractivity contribution in [1.82, 2.24) is 10.2 Å². The van der Waals surface area contributed by atoms with E-state index in [0.29, 0.717) is 57.4 Å². The number of fused-ring (bicyclic) bond motifs is 1. The van der Waals surface area contributed by atoms with Crippen LogP contribution in [0.2, 0.25) is 0 Å². The second-order valence-electron chi connectivity index (χ2n) is 13.1. The molecule has 8 nitrogen and oxygen atoms in total. The number of esters is 1. The van der Waals surface area contributed by atoms with Crippen molar-refractivity contribution in [3.63, 3.8) is 0 Å². The first kappa shape index (κ1) is 37.2. The van der Waals surface area contributed by atoms with Gasteiger partial charge in [0.05, 0.1) is 12.7 Å². The Labute approximate surface area is 302 Å². The zero-order valence-electron chi connectivity index (χ0n) is 29.9. The number of amides is 2. The van der Waals surface area contributed by atoms with Crippen LogP contribution in [0.25, 0.3) is 0 Å². The highest BCUT2D eigenvalue weighted by Gasteiger charge is 2.30. The lowest BCUT2D eigenvalue weighted by Gasteiger charge is -2.36. The summed E-state index contributed by atoms with van der Waals surface area (Å²) < 4.78 is 17.6. The molecule has 0 saturated carbocycles. The Morgan fingerprint density at radius 2 is 1.45 bits per heavy atom. The van der Waals surface area contributed by atoms with E-state index in [-0.39, 0.29) is 23.8 Å². The molecule has 0 aromatic heterocycles. The van der Waals surface area contributed by atoms with Crippen LogP contribution < -0.4 is 14.8 Å². The standard InChI is InChI=1S/C43H50N2O6/c1-3-28-45(41(47)17-11-10-16-40(46)44-27-26-32-18-20-35(21-19-32)43(48)49-2)37-23-24-38-36(29-37)22-25-39(50-30-33-12-6-4-7-13-33)42(38)51-31-34-14-8-5-9-15-34/h4-9,12-15,18-22,25,37H,3,10-11,16-17,23-24,26-31H2,1-2H3,(H,44,46)/t37-/m0/s1. The molecule has 4 aromatic carbocycles. The van der Waals surface area contributed by atoms with Gasteiger partial charge in [-0.15, -0.1) is 0 Å². The lowest BCUT2D eigenvalue weighted by molar-refractivity contribution is -0.134. The molecule has 0 unspecified atom stereocenters. The predicted octanol–water partition coefficient (Wildman–Crippen LogP) is 7.65. The van der Waals surface area contributed by atoms with E-state index < -0.39 is 0 Å². The fraction of sp³-hybridized carbons (Fsp3) is 0.372. The molecule has 0 radical (unpaired) electrons. The Hall–Kier alpha value is -5.11. The number of hydrogen-bond donors (Lipinski definition) is 1. The number of methoxy groups -OCH3 is 1. The second kappa shape index (κ2) is 19.3. The van der Waals surface area contributed by atoms with Crippen LogP contribution in [-0.4, -0.2) is 48.9 Å². The van der Waals surface area contributed by atoms with Gasteiger partial charge < -0.3 is 24.4 Å². The zero-order valence-corrected chi connectivity index (χ0v) is 29.9. The molecule has 4 aromatic rings. The molecule has 0 aliphatic heterocycles. The van der Waals surface area contributed by atoms with Crippen molar-refractivity contribution in [2.45, 2.75) is 84.0 Å². The summed E-state index contributed by atoms with van der Waals surface area (Å²) in [5, 5.41) is 2.97. The zero-order chi connectivity index (χ0) is 35.8. The molecule has 0 bridgehead atoms. The molecule has 1 aliphatic carbocycles. The van der Waals surface area contributed by atoms with Crippen LogP contribution in [0.15, 0.2) is 97.1 Å². The Balaban J connectivity index is 1.13. The van der Waals surface area contributed by atoms with Crippen LogP contribution in [-0.2, 0) is 46.8 Å². The van der Waals surface area contributed by atoms with Gasteiger partial charge in [-0.25, -0.2) is 4.79 Å². The number of benzene rings is 4. The number of ether oxygens (including phenoxy) is 3. The molecule has 51 heavy (non-hydrogen) atoms. The van der Waals surface area contributed by atoms with Crippen molar-refractivity contribution < 1.29 is 28.6 Å². The maximum absolute atomic E-state index is 13.6. The van der Waals surface area contributed by atoms with Gasteiger partial charge in [0, 0.05) is 37.5 Å². The molecular formula is C43H50N2O6. The van der Waals surface area contributed by atoms with E-state index in [2.05, 4.69) is 47.5 Å². The van der Waals surface area contributed by atoms with E-state index in [9.17, 15) is 14.4 Å². The highest BCUT2D eigenvalue weighted by Crippen LogP contribution is 2.40. The summed E-state index contributed by atoms with van der Waals surface area (Å²) in [4.78, 5) is 39.7. The molecule has 5 rings (SSSR count). The second-order valence-corrected chi connectivity index (χ2v) is 13.1. The molecule has 0 spiro atoms. The normalized spacial score (nSPS) is 13.5. The quantitative estimate of drug-likeness (QED) is 0.0852. The van der Waals surface area contributed by atoms with E-state index in [1.54, 1.807) is 12.1 Å².